The van der Waals surface area contributed by atoms with E-state index in [4.69, 9.17) is 5.11 Å². The number of aryl methyl sites for hydroxylation is 1. The van der Waals surface area contributed by atoms with Gasteiger partial charge in [-0.15, -0.1) is 11.3 Å². The highest BCUT2D eigenvalue weighted by Crippen LogP contribution is 2.18. The average Bonchev–Trinajstić information content (AvgIpc) is 2.75. The lowest BCUT2D eigenvalue weighted by Gasteiger charge is -2.09. The molecule has 6 nitrogen and oxygen atoms in total. The fourth-order valence-corrected chi connectivity index (χ4v) is 2.88. The Labute approximate surface area is 117 Å². The van der Waals surface area contributed by atoms with Crippen molar-refractivity contribution < 1.29 is 9.90 Å². The Morgan fingerprint density at radius 1 is 1.58 bits per heavy atom. The van der Waals surface area contributed by atoms with Crippen molar-refractivity contribution in [3.8, 4) is 0 Å². The summed E-state index contributed by atoms with van der Waals surface area (Å²) < 4.78 is 1.76. The van der Waals surface area contributed by atoms with E-state index in [0.29, 0.717) is 11.7 Å². The number of hydrogen-bond acceptors (Lipinski definition) is 6. The number of thioether (sulfide) groups is 1. The van der Waals surface area contributed by atoms with Crippen LogP contribution >= 0.6 is 23.1 Å². The molecule has 2 aromatic rings. The van der Waals surface area contributed by atoms with Crippen LogP contribution in [0.15, 0.2) is 27.7 Å². The first-order chi connectivity index (χ1) is 9.06. The van der Waals surface area contributed by atoms with E-state index in [2.05, 4.69) is 9.97 Å². The normalized spacial score (nSPS) is 10.6. The summed E-state index contributed by atoms with van der Waals surface area (Å²) in [5, 5.41) is 9.10. The highest BCUT2D eigenvalue weighted by atomic mass is 32.2. The van der Waals surface area contributed by atoms with Gasteiger partial charge in [0.2, 0.25) is 0 Å². The Morgan fingerprint density at radius 3 is 3.00 bits per heavy atom. The van der Waals surface area contributed by atoms with Crippen LogP contribution in [0.5, 0.6) is 0 Å². The molecule has 0 radical (unpaired) electrons. The molecule has 0 aliphatic heterocycles. The van der Waals surface area contributed by atoms with Crippen LogP contribution in [0.2, 0.25) is 0 Å². The van der Waals surface area contributed by atoms with Crippen LogP contribution < -0.4 is 5.56 Å². The minimum atomic E-state index is -0.941. The Bertz CT molecular complexity index is 651. The smallest absolute Gasteiger partial charge is 0.313 e. The van der Waals surface area contributed by atoms with Crippen LogP contribution in [0.4, 0.5) is 0 Å². The lowest BCUT2D eigenvalue weighted by atomic mass is 10.4. The van der Waals surface area contributed by atoms with Gasteiger partial charge >= 0.3 is 5.97 Å². The average molecular weight is 297 g/mol. The lowest BCUT2D eigenvalue weighted by molar-refractivity contribution is -0.133. The van der Waals surface area contributed by atoms with Crippen LogP contribution in [0.25, 0.3) is 0 Å². The number of carboxylic acid groups (broad SMARTS) is 1. The van der Waals surface area contributed by atoms with Gasteiger partial charge in [0.25, 0.3) is 5.56 Å². The molecule has 100 valence electrons. The number of thiazole rings is 1. The van der Waals surface area contributed by atoms with E-state index in [1.807, 2.05) is 6.92 Å². The molecule has 0 saturated heterocycles. The van der Waals surface area contributed by atoms with Crippen molar-refractivity contribution in [1.82, 2.24) is 14.5 Å². The van der Waals surface area contributed by atoms with Gasteiger partial charge in [-0.25, -0.2) is 4.98 Å². The number of carbonyl (C=O) groups is 1. The molecule has 19 heavy (non-hydrogen) atoms. The second-order valence-corrected chi connectivity index (χ2v) is 5.60. The number of carboxylic acids is 1. The van der Waals surface area contributed by atoms with Crippen LogP contribution in [0.3, 0.4) is 0 Å². The van der Waals surface area contributed by atoms with E-state index in [0.717, 1.165) is 22.3 Å². The highest BCUT2D eigenvalue weighted by Gasteiger charge is 2.09. The molecule has 0 saturated carbocycles. The van der Waals surface area contributed by atoms with Crippen molar-refractivity contribution >= 4 is 29.1 Å². The number of aliphatic carboxylic acids is 1. The van der Waals surface area contributed by atoms with Gasteiger partial charge in [-0.3, -0.25) is 9.59 Å². The molecule has 0 spiro atoms. The second kappa shape index (κ2) is 5.98. The summed E-state index contributed by atoms with van der Waals surface area (Å²) in [6.07, 6.45) is 1.62. The third-order valence-electron chi connectivity index (χ3n) is 2.33. The Balaban J connectivity index is 2.26. The molecule has 0 aliphatic rings. The van der Waals surface area contributed by atoms with Crippen molar-refractivity contribution in [2.24, 2.45) is 0 Å². The number of aromatic nitrogens is 3. The molecule has 1 N–H and O–H groups in total. The third kappa shape index (κ3) is 3.65. The summed E-state index contributed by atoms with van der Waals surface area (Å²) >= 11 is 2.55. The minimum absolute atomic E-state index is 0.127. The zero-order valence-corrected chi connectivity index (χ0v) is 11.7. The maximum Gasteiger partial charge on any atom is 0.313 e. The predicted octanol–water partition coefficient (Wildman–Crippen LogP) is 1.23. The summed E-state index contributed by atoms with van der Waals surface area (Å²) in [5.41, 5.74) is 2.31. The van der Waals surface area contributed by atoms with E-state index >= 15 is 0 Å². The zero-order chi connectivity index (χ0) is 13.8. The fraction of sp³-hybridized carbons (Fsp3) is 0.273. The molecular formula is C11H11N3O3S2. The molecule has 0 aromatic carbocycles. The van der Waals surface area contributed by atoms with Crippen molar-refractivity contribution in [2.45, 2.75) is 18.6 Å². The highest BCUT2D eigenvalue weighted by molar-refractivity contribution is 7.99. The van der Waals surface area contributed by atoms with Crippen molar-refractivity contribution in [1.29, 1.82) is 0 Å². The van der Waals surface area contributed by atoms with Crippen molar-refractivity contribution in [2.75, 3.05) is 5.75 Å². The van der Waals surface area contributed by atoms with Crippen LogP contribution in [0, 0.1) is 6.92 Å². The lowest BCUT2D eigenvalue weighted by Crippen LogP contribution is -2.14. The molecule has 0 unspecified atom stereocenters. The van der Waals surface area contributed by atoms with Gasteiger partial charge in [0.1, 0.15) is 0 Å². The summed E-state index contributed by atoms with van der Waals surface area (Å²) in [4.78, 5) is 30.9. The quantitative estimate of drug-likeness (QED) is 0.660. The van der Waals surface area contributed by atoms with E-state index < -0.39 is 5.97 Å². The molecule has 2 rings (SSSR count). The second-order valence-electron chi connectivity index (χ2n) is 3.72. The maximum absolute atomic E-state index is 11.3. The number of hydrogen-bond donors (Lipinski definition) is 1. The molecule has 2 aromatic heterocycles. The topological polar surface area (TPSA) is 85.1 Å². The van der Waals surface area contributed by atoms with E-state index in [9.17, 15) is 9.59 Å². The van der Waals surface area contributed by atoms with Gasteiger partial charge in [0, 0.05) is 17.1 Å². The van der Waals surface area contributed by atoms with Crippen LogP contribution in [0.1, 0.15) is 10.6 Å². The Morgan fingerprint density at radius 2 is 2.37 bits per heavy atom. The van der Waals surface area contributed by atoms with Gasteiger partial charge in [-0.1, -0.05) is 11.8 Å². The zero-order valence-electron chi connectivity index (χ0n) is 10.1. The first-order valence-electron chi connectivity index (χ1n) is 5.37. The van der Waals surface area contributed by atoms with E-state index in [-0.39, 0.29) is 11.3 Å². The Kier molecular flexibility index (Phi) is 4.33. The third-order valence-corrected chi connectivity index (χ3v) is 4.23. The van der Waals surface area contributed by atoms with E-state index in [1.165, 1.54) is 17.4 Å². The maximum atomic E-state index is 11.3. The van der Waals surface area contributed by atoms with Crippen LogP contribution in [-0.2, 0) is 11.3 Å². The van der Waals surface area contributed by atoms with Gasteiger partial charge in [-0.05, 0) is 6.92 Å². The Hall–Kier alpha value is -1.67. The predicted molar refractivity (Wildman–Crippen MR) is 72.8 cm³/mol. The SMILES string of the molecule is Cc1ncsc1Cn1ccc(=O)nc1SCC(=O)O. The molecule has 8 heteroatoms. The number of nitrogens with zero attached hydrogens (tertiary/aromatic N) is 3. The molecule has 0 bridgehead atoms. The fourth-order valence-electron chi connectivity index (χ4n) is 1.41. The molecular weight excluding hydrogens is 286 g/mol. The van der Waals surface area contributed by atoms with Crippen molar-refractivity contribution in [3.63, 3.8) is 0 Å². The molecule has 2 heterocycles. The number of rotatable bonds is 5. The molecule has 0 aliphatic carbocycles. The van der Waals surface area contributed by atoms with Gasteiger partial charge < -0.3 is 9.67 Å². The van der Waals surface area contributed by atoms with E-state index in [1.54, 1.807) is 16.3 Å². The van der Waals surface area contributed by atoms with Crippen LogP contribution in [-0.4, -0.2) is 31.4 Å². The first-order valence-corrected chi connectivity index (χ1v) is 7.24. The van der Waals surface area contributed by atoms with Gasteiger partial charge in [0.05, 0.1) is 23.5 Å². The summed E-state index contributed by atoms with van der Waals surface area (Å²) in [6, 6.07) is 1.36. The molecule has 0 amide bonds. The summed E-state index contributed by atoms with van der Waals surface area (Å²) in [7, 11) is 0. The summed E-state index contributed by atoms with van der Waals surface area (Å²) in [6.45, 7) is 2.44. The largest absolute Gasteiger partial charge is 0.481 e. The molecule has 0 fully saturated rings. The van der Waals surface area contributed by atoms with Gasteiger partial charge in [-0.2, -0.15) is 4.98 Å². The minimum Gasteiger partial charge on any atom is -0.481 e. The standard InChI is InChI=1S/C11H11N3O3S2/c1-7-8(19-6-12-7)4-14-3-2-9(15)13-11(14)18-5-10(16)17/h2-3,6H,4-5H2,1H3,(H,16,17). The molecule has 0 atom stereocenters. The summed E-state index contributed by atoms with van der Waals surface area (Å²) in [5.74, 6) is -1.07. The monoisotopic (exact) mass is 297 g/mol. The first kappa shape index (κ1) is 13.8. The van der Waals surface area contributed by atoms with Gasteiger partial charge in [0.15, 0.2) is 5.16 Å². The van der Waals surface area contributed by atoms with Crippen molar-refractivity contribution in [3.05, 3.63) is 38.7 Å².